The van der Waals surface area contributed by atoms with E-state index in [9.17, 15) is 43.2 Å². The predicted octanol–water partition coefficient (Wildman–Crippen LogP) is 20.5. The summed E-state index contributed by atoms with van der Waals surface area (Å²) in [6, 6.07) is 0. The molecule has 0 radical (unpaired) electrons. The zero-order valence-corrected chi connectivity index (χ0v) is 61.3. The summed E-state index contributed by atoms with van der Waals surface area (Å²) < 4.78 is 68.3. The Labute approximate surface area is 556 Å². The molecule has 0 saturated carbocycles. The fraction of sp³-hybridized carbons (Fsp3) is 0.944. The molecule has 17 nitrogen and oxygen atoms in total. The number of hydrogen-bond donors (Lipinski definition) is 3. The summed E-state index contributed by atoms with van der Waals surface area (Å²) in [6.07, 6.45) is 44.7. The Hall–Kier alpha value is -1.94. The van der Waals surface area contributed by atoms with E-state index in [4.69, 9.17) is 37.0 Å². The van der Waals surface area contributed by atoms with Crippen LogP contribution >= 0.6 is 15.6 Å². The third-order valence-corrected chi connectivity index (χ3v) is 18.5. The van der Waals surface area contributed by atoms with Crippen LogP contribution in [0, 0.1) is 23.7 Å². The highest BCUT2D eigenvalue weighted by atomic mass is 31.2. The lowest BCUT2D eigenvalue weighted by Crippen LogP contribution is -2.30. The van der Waals surface area contributed by atoms with Crippen LogP contribution in [0.25, 0.3) is 0 Å². The predicted molar refractivity (Wildman–Crippen MR) is 367 cm³/mol. The zero-order valence-electron chi connectivity index (χ0n) is 59.5. The normalized spacial score (nSPS) is 14.2. The van der Waals surface area contributed by atoms with Crippen LogP contribution in [0.5, 0.6) is 0 Å². The number of carbonyl (C=O) groups is 4. The molecular formula is C72H140O17P2. The van der Waals surface area contributed by atoms with Crippen molar-refractivity contribution in [2.75, 3.05) is 39.6 Å². The SMILES string of the molecule is CC(C)CCCCCCCCCCCCCCCCC(=O)O[C@H](COC(=O)CCCCCCCCCCCCCC(C)C)COP(=O)(O)OCC(O)COP(=O)(O)OC[C@@H](COC(=O)CCCCCCCCCCC(C)C)OC(=O)CCCCCCCCC(C)C. The van der Waals surface area contributed by atoms with E-state index in [0.29, 0.717) is 31.6 Å². The standard InChI is InChI=1S/C72H140O17P2/c1-62(2)48-40-32-24-18-14-11-9-10-12-16-21-29-38-46-54-71(76)88-67(58-82-69(74)52-44-36-27-20-17-13-15-19-25-33-41-49-63(3)4)60-86-90(78,79)84-56-66(73)57-85-91(80,81)87-61-68(89-72(77)55-47-39-31-30-35-43-51-65(7)8)59-83-70(75)53-45-37-28-23-22-26-34-42-50-64(5)6/h62-68,73H,9-61H2,1-8H3,(H,78,79)(H,80,81)/t66?,67-,68-/m1/s1. The molecule has 0 aliphatic heterocycles. The maximum atomic E-state index is 13.0. The van der Waals surface area contributed by atoms with E-state index in [1.54, 1.807) is 0 Å². The Morgan fingerprint density at radius 2 is 0.462 bits per heavy atom. The number of aliphatic hydroxyl groups excluding tert-OH is 1. The van der Waals surface area contributed by atoms with Gasteiger partial charge in [-0.05, 0) is 49.4 Å². The fourth-order valence-corrected chi connectivity index (χ4v) is 12.4. The molecule has 0 fully saturated rings. The average molecular weight is 1340 g/mol. The van der Waals surface area contributed by atoms with Crippen LogP contribution in [0.15, 0.2) is 0 Å². The minimum absolute atomic E-state index is 0.101. The molecule has 0 spiro atoms. The first-order valence-corrected chi connectivity index (χ1v) is 40.2. The molecule has 0 aromatic heterocycles. The molecule has 0 rings (SSSR count). The van der Waals surface area contributed by atoms with Gasteiger partial charge in [-0.2, -0.15) is 0 Å². The van der Waals surface area contributed by atoms with Crippen molar-refractivity contribution in [1.29, 1.82) is 0 Å². The summed E-state index contributed by atoms with van der Waals surface area (Å²) in [7, 11) is -9.90. The van der Waals surface area contributed by atoms with Crippen LogP contribution < -0.4 is 0 Å². The van der Waals surface area contributed by atoms with Gasteiger partial charge in [-0.3, -0.25) is 37.3 Å². The van der Waals surface area contributed by atoms with Gasteiger partial charge in [-0.15, -0.1) is 0 Å². The molecule has 0 bridgehead atoms. The van der Waals surface area contributed by atoms with Crippen LogP contribution in [0.3, 0.4) is 0 Å². The molecule has 3 N–H and O–H groups in total. The molecule has 0 heterocycles. The number of ether oxygens (including phenoxy) is 4. The van der Waals surface area contributed by atoms with E-state index >= 15 is 0 Å². The van der Waals surface area contributed by atoms with Gasteiger partial charge in [0.25, 0.3) is 0 Å². The molecule has 0 aromatic carbocycles. The second-order valence-electron chi connectivity index (χ2n) is 27.9. The van der Waals surface area contributed by atoms with Crippen molar-refractivity contribution in [2.45, 2.75) is 375 Å². The summed E-state index contributed by atoms with van der Waals surface area (Å²) in [5.41, 5.74) is 0. The van der Waals surface area contributed by atoms with Gasteiger partial charge in [0.15, 0.2) is 12.2 Å². The molecule has 0 amide bonds. The first kappa shape index (κ1) is 89.1. The van der Waals surface area contributed by atoms with Crippen molar-refractivity contribution in [3.8, 4) is 0 Å². The van der Waals surface area contributed by atoms with Crippen LogP contribution in [0.4, 0.5) is 0 Å². The molecular weight excluding hydrogens is 1200 g/mol. The van der Waals surface area contributed by atoms with Gasteiger partial charge in [0.05, 0.1) is 26.4 Å². The lowest BCUT2D eigenvalue weighted by molar-refractivity contribution is -0.161. The number of aliphatic hydroxyl groups is 1. The highest BCUT2D eigenvalue weighted by Crippen LogP contribution is 2.45. The summed E-state index contributed by atoms with van der Waals surface area (Å²) in [4.78, 5) is 72.6. The molecule has 0 aliphatic carbocycles. The Bertz CT molecular complexity index is 1800. The Kier molecular flexibility index (Phi) is 60.3. The van der Waals surface area contributed by atoms with Gasteiger partial charge in [0.1, 0.15) is 19.3 Å². The minimum atomic E-state index is -4.95. The van der Waals surface area contributed by atoms with Crippen LogP contribution in [0.1, 0.15) is 357 Å². The van der Waals surface area contributed by atoms with Crippen molar-refractivity contribution in [3.63, 3.8) is 0 Å². The minimum Gasteiger partial charge on any atom is -0.462 e. The summed E-state index contributed by atoms with van der Waals surface area (Å²) >= 11 is 0. The van der Waals surface area contributed by atoms with Gasteiger partial charge in [0.2, 0.25) is 0 Å². The van der Waals surface area contributed by atoms with Gasteiger partial charge in [-0.1, -0.05) is 306 Å². The number of rotatable bonds is 69. The third kappa shape index (κ3) is 66.5. The lowest BCUT2D eigenvalue weighted by atomic mass is 10.0. The quantitative estimate of drug-likeness (QED) is 0.0222. The molecule has 540 valence electrons. The lowest BCUT2D eigenvalue weighted by Gasteiger charge is -2.21. The number of carbonyl (C=O) groups excluding carboxylic acids is 4. The van der Waals surface area contributed by atoms with E-state index in [0.717, 1.165) is 108 Å². The number of hydrogen-bond acceptors (Lipinski definition) is 15. The van der Waals surface area contributed by atoms with Crippen molar-refractivity contribution < 1.29 is 80.2 Å². The monoisotopic (exact) mass is 1340 g/mol. The highest BCUT2D eigenvalue weighted by molar-refractivity contribution is 7.47. The topological polar surface area (TPSA) is 237 Å². The van der Waals surface area contributed by atoms with Crippen molar-refractivity contribution in [1.82, 2.24) is 0 Å². The number of unbranched alkanes of at least 4 members (excludes halogenated alkanes) is 35. The largest absolute Gasteiger partial charge is 0.472 e. The molecule has 0 saturated heterocycles. The van der Waals surface area contributed by atoms with Gasteiger partial charge >= 0.3 is 39.5 Å². The first-order chi connectivity index (χ1) is 43.6. The molecule has 0 aromatic rings. The van der Waals surface area contributed by atoms with E-state index in [1.165, 1.54) is 161 Å². The number of phosphoric acid groups is 2. The molecule has 3 unspecified atom stereocenters. The fourth-order valence-electron chi connectivity index (χ4n) is 10.8. The smallest absolute Gasteiger partial charge is 0.462 e. The average Bonchev–Trinajstić information content (AvgIpc) is 3.38. The summed E-state index contributed by atoms with van der Waals surface area (Å²) in [5.74, 6) is 0.831. The van der Waals surface area contributed by atoms with Gasteiger partial charge < -0.3 is 33.8 Å². The zero-order chi connectivity index (χ0) is 67.5. The third-order valence-electron chi connectivity index (χ3n) is 16.6. The number of esters is 4. The van der Waals surface area contributed by atoms with Gasteiger partial charge in [0, 0.05) is 25.7 Å². The van der Waals surface area contributed by atoms with Crippen LogP contribution in [0.2, 0.25) is 0 Å². The second kappa shape index (κ2) is 61.6. The maximum Gasteiger partial charge on any atom is 0.472 e. The summed E-state index contributed by atoms with van der Waals surface area (Å²) in [6.45, 7) is 14.1. The van der Waals surface area contributed by atoms with E-state index < -0.39 is 97.5 Å². The van der Waals surface area contributed by atoms with Gasteiger partial charge in [-0.25, -0.2) is 9.13 Å². The molecule has 0 aliphatic rings. The Morgan fingerprint density at radius 3 is 0.681 bits per heavy atom. The van der Waals surface area contributed by atoms with E-state index in [-0.39, 0.29) is 25.7 Å². The molecule has 91 heavy (non-hydrogen) atoms. The summed E-state index contributed by atoms with van der Waals surface area (Å²) in [5, 5.41) is 10.6. The first-order valence-electron chi connectivity index (χ1n) is 37.2. The number of phosphoric ester groups is 2. The van der Waals surface area contributed by atoms with Crippen molar-refractivity contribution in [2.24, 2.45) is 23.7 Å². The molecule has 5 atom stereocenters. The highest BCUT2D eigenvalue weighted by Gasteiger charge is 2.30. The Morgan fingerprint density at radius 1 is 0.275 bits per heavy atom. The Balaban J connectivity index is 5.23. The van der Waals surface area contributed by atoms with Crippen molar-refractivity contribution in [3.05, 3.63) is 0 Å². The van der Waals surface area contributed by atoms with E-state index in [1.807, 2.05) is 0 Å². The maximum absolute atomic E-state index is 13.0. The molecule has 19 heteroatoms. The van der Waals surface area contributed by atoms with Crippen LogP contribution in [-0.2, 0) is 65.4 Å². The van der Waals surface area contributed by atoms with Crippen molar-refractivity contribution >= 4 is 39.5 Å². The van der Waals surface area contributed by atoms with Crippen LogP contribution in [-0.4, -0.2) is 96.7 Å². The van der Waals surface area contributed by atoms with E-state index in [2.05, 4.69) is 55.4 Å². The second-order valence-corrected chi connectivity index (χ2v) is 30.8.